The Balaban J connectivity index is 1.72. The molecule has 0 spiro atoms. The van der Waals surface area contributed by atoms with Gasteiger partial charge in [0.2, 0.25) is 0 Å². The Labute approximate surface area is 246 Å². The van der Waals surface area contributed by atoms with Crippen molar-refractivity contribution in [3.8, 4) is 0 Å². The number of aliphatic hydroxyl groups is 3. The van der Waals surface area contributed by atoms with Crippen LogP contribution in [0.25, 0.3) is 11.2 Å². The topological polar surface area (TPSA) is 336 Å². The molecule has 250 valence electrons. The Morgan fingerprint density at radius 2 is 1.36 bits per heavy atom. The van der Waals surface area contributed by atoms with Crippen molar-refractivity contribution in [1.29, 1.82) is 0 Å². The lowest BCUT2D eigenvalue weighted by atomic mass is 9.99. The molecule has 9 N–H and O–H groups in total. The van der Waals surface area contributed by atoms with Crippen molar-refractivity contribution in [2.75, 3.05) is 32.2 Å². The number of phosphoric acid groups is 3. The van der Waals surface area contributed by atoms with Gasteiger partial charge in [0, 0.05) is 14.1 Å². The molecule has 0 radical (unpaired) electrons. The quantitative estimate of drug-likeness (QED) is 0.0980. The predicted octanol–water partition coefficient (Wildman–Crippen LogP) is -3.32. The summed E-state index contributed by atoms with van der Waals surface area (Å²) in [4.78, 5) is 70.8. The fourth-order valence-corrected chi connectivity index (χ4v) is 6.42. The average molecular weight is 697 g/mol. The van der Waals surface area contributed by atoms with E-state index in [9.17, 15) is 58.4 Å². The summed E-state index contributed by atoms with van der Waals surface area (Å²) in [6.07, 6.45) is -15.0. The molecule has 2 saturated heterocycles. The zero-order valence-corrected chi connectivity index (χ0v) is 25.2. The first kappa shape index (κ1) is 35.3. The standard InChI is InChI=1S/C18H30N5O18P3/c1-22(2)15-9-16(20-5-19-15)23(6-21-9)17-14(41-44(33,34)35)11(7(3-24)36-17)38-18-10(26)13(40-43(30,31)32)12(8(4-25)37-18)39-42(27,28)29/h5-8,10-14,17-18,24-26H,3-4H2,1-2H3,(H2,27,28,29)(H2,30,31,32)(H2,33,34,35)/t7-,8?,10+,11+,12+,13?,14+,17?,18+/m1/s1. The number of fused-ring (bicyclic) bond motifs is 1. The summed E-state index contributed by atoms with van der Waals surface area (Å²) >= 11 is 0. The Morgan fingerprint density at radius 3 is 1.91 bits per heavy atom. The maximum atomic E-state index is 12.0. The van der Waals surface area contributed by atoms with Gasteiger partial charge in [-0.05, 0) is 0 Å². The second-order valence-electron chi connectivity index (χ2n) is 9.66. The van der Waals surface area contributed by atoms with Crippen molar-refractivity contribution >= 4 is 40.4 Å². The number of aliphatic hydroxyl groups excluding tert-OH is 3. The van der Waals surface area contributed by atoms with E-state index in [-0.39, 0.29) is 11.2 Å². The van der Waals surface area contributed by atoms with E-state index in [0.29, 0.717) is 5.82 Å². The second-order valence-corrected chi connectivity index (χ2v) is 13.2. The summed E-state index contributed by atoms with van der Waals surface area (Å²) in [5, 5.41) is 30.8. The summed E-state index contributed by atoms with van der Waals surface area (Å²) in [5.41, 5.74) is 0.346. The van der Waals surface area contributed by atoms with Gasteiger partial charge in [0.05, 0.1) is 19.5 Å². The van der Waals surface area contributed by atoms with E-state index in [4.69, 9.17) is 18.7 Å². The first-order chi connectivity index (χ1) is 20.3. The molecular formula is C18H30N5O18P3. The highest BCUT2D eigenvalue weighted by molar-refractivity contribution is 7.46. The molecular weight excluding hydrogens is 667 g/mol. The minimum Gasteiger partial charge on any atom is -0.394 e. The molecule has 44 heavy (non-hydrogen) atoms. The van der Waals surface area contributed by atoms with Crippen molar-refractivity contribution < 1.29 is 86.2 Å². The Kier molecular flexibility index (Phi) is 10.7. The van der Waals surface area contributed by atoms with Gasteiger partial charge in [-0.1, -0.05) is 0 Å². The van der Waals surface area contributed by atoms with E-state index in [0.717, 1.165) is 0 Å². The molecule has 0 aliphatic carbocycles. The highest BCUT2D eigenvalue weighted by atomic mass is 31.2. The van der Waals surface area contributed by atoms with Crippen LogP contribution in [0, 0.1) is 0 Å². The van der Waals surface area contributed by atoms with E-state index in [1.54, 1.807) is 19.0 Å². The zero-order chi connectivity index (χ0) is 32.8. The molecule has 3 unspecified atom stereocenters. The van der Waals surface area contributed by atoms with Gasteiger partial charge in [-0.3, -0.25) is 18.1 Å². The van der Waals surface area contributed by atoms with Crippen LogP contribution in [0.3, 0.4) is 0 Å². The van der Waals surface area contributed by atoms with Gasteiger partial charge in [0.15, 0.2) is 29.5 Å². The minimum absolute atomic E-state index is 0.104. The zero-order valence-electron chi connectivity index (χ0n) is 22.5. The van der Waals surface area contributed by atoms with Crippen LogP contribution in [0.2, 0.25) is 0 Å². The number of hydrogen-bond donors (Lipinski definition) is 9. The highest BCUT2D eigenvalue weighted by Crippen LogP contribution is 2.49. The summed E-state index contributed by atoms with van der Waals surface area (Å²) in [5.74, 6) is 0.364. The van der Waals surface area contributed by atoms with E-state index in [1.165, 1.54) is 17.2 Å². The van der Waals surface area contributed by atoms with Crippen molar-refractivity contribution in [3.63, 3.8) is 0 Å². The highest BCUT2D eigenvalue weighted by Gasteiger charge is 2.56. The molecule has 4 heterocycles. The van der Waals surface area contributed by atoms with Gasteiger partial charge in [0.25, 0.3) is 0 Å². The van der Waals surface area contributed by atoms with Crippen molar-refractivity contribution in [2.45, 2.75) is 55.2 Å². The van der Waals surface area contributed by atoms with Gasteiger partial charge < -0.3 is 63.8 Å². The van der Waals surface area contributed by atoms with E-state index in [2.05, 4.69) is 24.0 Å². The number of hydrogen-bond acceptors (Lipinski definition) is 16. The average Bonchev–Trinajstić information content (AvgIpc) is 3.46. The summed E-state index contributed by atoms with van der Waals surface area (Å²) in [6, 6.07) is 0. The van der Waals surface area contributed by atoms with Crippen LogP contribution < -0.4 is 4.90 Å². The number of phosphoric ester groups is 3. The lowest BCUT2D eigenvalue weighted by molar-refractivity contribution is -0.313. The van der Waals surface area contributed by atoms with Crippen LogP contribution in [-0.4, -0.2) is 141 Å². The lowest BCUT2D eigenvalue weighted by Crippen LogP contribution is -2.61. The molecule has 2 aromatic rings. The third-order valence-corrected chi connectivity index (χ3v) is 7.92. The molecule has 0 bridgehead atoms. The maximum Gasteiger partial charge on any atom is 0.470 e. The molecule has 23 nitrogen and oxygen atoms in total. The number of rotatable bonds is 12. The smallest absolute Gasteiger partial charge is 0.394 e. The Morgan fingerprint density at radius 1 is 0.818 bits per heavy atom. The summed E-state index contributed by atoms with van der Waals surface area (Å²) in [6.45, 7) is -2.01. The van der Waals surface area contributed by atoms with Gasteiger partial charge in [-0.2, -0.15) is 0 Å². The Hall–Kier alpha value is -1.56. The fraction of sp³-hybridized carbons (Fsp3) is 0.722. The molecule has 0 amide bonds. The number of ether oxygens (including phenoxy) is 3. The van der Waals surface area contributed by atoms with E-state index in [1.807, 2.05) is 0 Å². The van der Waals surface area contributed by atoms with Gasteiger partial charge in [-0.15, -0.1) is 0 Å². The number of imidazole rings is 1. The molecule has 2 fully saturated rings. The van der Waals surface area contributed by atoms with Crippen LogP contribution >= 0.6 is 23.5 Å². The molecule has 2 aliphatic heterocycles. The minimum atomic E-state index is -5.51. The van der Waals surface area contributed by atoms with Gasteiger partial charge in [0.1, 0.15) is 49.1 Å². The number of nitrogens with zero attached hydrogens (tertiary/aromatic N) is 5. The van der Waals surface area contributed by atoms with Crippen molar-refractivity contribution in [2.24, 2.45) is 0 Å². The number of anilines is 1. The summed E-state index contributed by atoms with van der Waals surface area (Å²) in [7, 11) is -13.0. The predicted molar refractivity (Wildman–Crippen MR) is 138 cm³/mol. The molecule has 2 aromatic heterocycles. The normalized spacial score (nSPS) is 31.9. The van der Waals surface area contributed by atoms with Crippen LogP contribution in [0.4, 0.5) is 5.82 Å². The summed E-state index contributed by atoms with van der Waals surface area (Å²) < 4.78 is 67.2. The van der Waals surface area contributed by atoms with Crippen LogP contribution in [0.5, 0.6) is 0 Å². The molecule has 26 heteroatoms. The van der Waals surface area contributed by atoms with E-state index < -0.39 is 91.9 Å². The SMILES string of the molecule is CN(C)c1ncnc2c1ncn2C1O[C@H](CO)[C@H](O[C@@H]2OC(CO)[C@H](OP(=O)(O)O)C(OP(=O)(O)O)[C@@H]2O)[C@@H]1OP(=O)(O)O. The van der Waals surface area contributed by atoms with Crippen LogP contribution in [0.1, 0.15) is 6.23 Å². The number of aromatic nitrogens is 4. The lowest BCUT2D eigenvalue weighted by Gasteiger charge is -2.44. The van der Waals surface area contributed by atoms with Gasteiger partial charge in [-0.25, -0.2) is 28.6 Å². The first-order valence-electron chi connectivity index (χ1n) is 12.3. The van der Waals surface area contributed by atoms with Crippen LogP contribution in [-0.2, 0) is 41.5 Å². The first-order valence-corrected chi connectivity index (χ1v) is 16.9. The van der Waals surface area contributed by atoms with Crippen LogP contribution in [0.15, 0.2) is 12.7 Å². The van der Waals surface area contributed by atoms with E-state index >= 15 is 0 Å². The molecule has 4 rings (SSSR count). The molecule has 0 saturated carbocycles. The molecule has 9 atom stereocenters. The van der Waals surface area contributed by atoms with Crippen molar-refractivity contribution in [1.82, 2.24) is 19.5 Å². The van der Waals surface area contributed by atoms with Gasteiger partial charge >= 0.3 is 23.5 Å². The van der Waals surface area contributed by atoms with Crippen molar-refractivity contribution in [3.05, 3.63) is 12.7 Å². The Bertz CT molecular complexity index is 1450. The molecule has 0 aromatic carbocycles. The maximum absolute atomic E-state index is 12.0. The largest absolute Gasteiger partial charge is 0.470 e. The fourth-order valence-electron chi connectivity index (χ4n) is 4.74. The third kappa shape index (κ3) is 8.04. The third-order valence-electron chi connectivity index (χ3n) is 6.37. The monoisotopic (exact) mass is 697 g/mol. The second kappa shape index (κ2) is 13.3. The molecule has 2 aliphatic rings.